The molecule has 2 amide bonds. The molecule has 170 valence electrons. The van der Waals surface area contributed by atoms with E-state index in [1.807, 2.05) is 12.1 Å². The highest BCUT2D eigenvalue weighted by atomic mass is 35.5. The number of aromatic nitrogens is 1. The molecule has 4 rings (SSSR count). The zero-order chi connectivity index (χ0) is 23.5. The number of ether oxygens (including phenoxy) is 2. The number of para-hydroxylation sites is 1. The van der Waals surface area contributed by atoms with Crippen LogP contribution in [0.3, 0.4) is 0 Å². The van der Waals surface area contributed by atoms with Crippen LogP contribution in [0.2, 0.25) is 4.34 Å². The Labute approximate surface area is 198 Å². The fraction of sp³-hybridized carbons (Fsp3) is 0.217. The number of benzene rings is 1. The first kappa shape index (κ1) is 22.8. The highest BCUT2D eigenvalue weighted by Gasteiger charge is 2.30. The van der Waals surface area contributed by atoms with E-state index in [9.17, 15) is 14.4 Å². The summed E-state index contributed by atoms with van der Waals surface area (Å²) in [6, 6.07) is 11.4. The molecule has 1 aliphatic rings. The van der Waals surface area contributed by atoms with Gasteiger partial charge in [0.15, 0.2) is 0 Å². The lowest BCUT2D eigenvalue weighted by atomic mass is 10.0. The summed E-state index contributed by atoms with van der Waals surface area (Å²) in [5.41, 5.74) is 1.92. The summed E-state index contributed by atoms with van der Waals surface area (Å²) in [5, 5.41) is 5.77. The Morgan fingerprint density at radius 3 is 2.67 bits per heavy atom. The summed E-state index contributed by atoms with van der Waals surface area (Å²) >= 11 is 7.42. The second-order valence-corrected chi connectivity index (χ2v) is 8.90. The van der Waals surface area contributed by atoms with Gasteiger partial charge in [-0.05, 0) is 38.1 Å². The molecule has 2 N–H and O–H groups in total. The average Bonchev–Trinajstić information content (AvgIpc) is 3.22. The number of thiophene rings is 1. The van der Waals surface area contributed by atoms with Gasteiger partial charge in [0.05, 0.1) is 49.9 Å². The maximum atomic E-state index is 13.1. The quantitative estimate of drug-likeness (QED) is 0.504. The summed E-state index contributed by atoms with van der Waals surface area (Å²) in [6.45, 7) is 3.21. The Bertz CT molecular complexity index is 1290. The molecule has 3 aromatic rings. The molecule has 1 aromatic carbocycles. The van der Waals surface area contributed by atoms with E-state index in [1.54, 1.807) is 44.2 Å². The molecule has 8 nitrogen and oxygen atoms in total. The van der Waals surface area contributed by atoms with Crippen molar-refractivity contribution >= 4 is 51.8 Å². The van der Waals surface area contributed by atoms with Gasteiger partial charge in [0.1, 0.15) is 6.61 Å². The van der Waals surface area contributed by atoms with Gasteiger partial charge in [-0.2, -0.15) is 0 Å². The lowest BCUT2D eigenvalue weighted by Crippen LogP contribution is -2.50. The Morgan fingerprint density at radius 1 is 1.15 bits per heavy atom. The van der Waals surface area contributed by atoms with E-state index in [1.165, 1.54) is 11.3 Å². The molecule has 0 bridgehead atoms. The van der Waals surface area contributed by atoms with Crippen LogP contribution in [0.4, 0.5) is 4.79 Å². The SMILES string of the molecule is CCOC(=O)C1=C(COC(=O)c2cc(-c3ccc(Cl)s3)nc3ccccc23)NC(=O)N[C@@H]1C. The van der Waals surface area contributed by atoms with Crippen molar-refractivity contribution in [3.05, 3.63) is 63.6 Å². The molecule has 0 radical (unpaired) electrons. The van der Waals surface area contributed by atoms with Gasteiger partial charge in [0, 0.05) is 5.39 Å². The van der Waals surface area contributed by atoms with Crippen molar-refractivity contribution in [2.75, 3.05) is 13.2 Å². The number of halogens is 1. The number of amides is 2. The molecule has 1 atom stereocenters. The number of fused-ring (bicyclic) bond motifs is 1. The second kappa shape index (κ2) is 9.60. The topological polar surface area (TPSA) is 107 Å². The molecule has 0 saturated heterocycles. The zero-order valence-corrected chi connectivity index (χ0v) is 19.4. The zero-order valence-electron chi connectivity index (χ0n) is 17.8. The molecule has 2 aromatic heterocycles. The van der Waals surface area contributed by atoms with Crippen LogP contribution in [0.15, 0.2) is 53.7 Å². The summed E-state index contributed by atoms with van der Waals surface area (Å²) in [6.07, 6.45) is 0. The number of rotatable bonds is 6. The predicted molar refractivity (Wildman–Crippen MR) is 125 cm³/mol. The van der Waals surface area contributed by atoms with Crippen molar-refractivity contribution in [2.45, 2.75) is 19.9 Å². The number of carbonyl (C=O) groups is 3. The summed E-state index contributed by atoms with van der Waals surface area (Å²) in [5.74, 6) is -1.21. The van der Waals surface area contributed by atoms with Crippen molar-refractivity contribution in [3.63, 3.8) is 0 Å². The van der Waals surface area contributed by atoms with Crippen LogP contribution >= 0.6 is 22.9 Å². The van der Waals surface area contributed by atoms with Crippen molar-refractivity contribution in [2.24, 2.45) is 0 Å². The first-order valence-electron chi connectivity index (χ1n) is 10.2. The van der Waals surface area contributed by atoms with E-state index in [-0.39, 0.29) is 24.5 Å². The Balaban J connectivity index is 1.66. The number of hydrogen-bond acceptors (Lipinski definition) is 7. The van der Waals surface area contributed by atoms with E-state index in [2.05, 4.69) is 15.6 Å². The van der Waals surface area contributed by atoms with E-state index in [4.69, 9.17) is 21.1 Å². The number of esters is 2. The first-order chi connectivity index (χ1) is 15.9. The summed E-state index contributed by atoms with van der Waals surface area (Å²) in [4.78, 5) is 42.9. The number of urea groups is 1. The van der Waals surface area contributed by atoms with Crippen LogP contribution < -0.4 is 10.6 Å². The van der Waals surface area contributed by atoms with Crippen LogP contribution in [0.1, 0.15) is 24.2 Å². The van der Waals surface area contributed by atoms with Gasteiger partial charge >= 0.3 is 18.0 Å². The Hall–Kier alpha value is -3.43. The van der Waals surface area contributed by atoms with E-state index in [0.717, 1.165) is 4.88 Å². The maximum Gasteiger partial charge on any atom is 0.339 e. The number of nitrogens with one attached hydrogen (secondary N) is 2. The fourth-order valence-electron chi connectivity index (χ4n) is 3.53. The smallest absolute Gasteiger partial charge is 0.339 e. The second-order valence-electron chi connectivity index (χ2n) is 7.18. The van der Waals surface area contributed by atoms with Gasteiger partial charge in [-0.3, -0.25) is 0 Å². The van der Waals surface area contributed by atoms with E-state index >= 15 is 0 Å². The van der Waals surface area contributed by atoms with Gasteiger partial charge in [-0.25, -0.2) is 19.4 Å². The highest BCUT2D eigenvalue weighted by Crippen LogP contribution is 2.32. The van der Waals surface area contributed by atoms with Crippen molar-refractivity contribution in [1.82, 2.24) is 15.6 Å². The molecule has 33 heavy (non-hydrogen) atoms. The van der Waals surface area contributed by atoms with Gasteiger partial charge in [-0.15, -0.1) is 11.3 Å². The van der Waals surface area contributed by atoms with Crippen LogP contribution in [0.25, 0.3) is 21.5 Å². The third kappa shape index (κ3) is 4.84. The van der Waals surface area contributed by atoms with Gasteiger partial charge < -0.3 is 20.1 Å². The Kier molecular flexibility index (Phi) is 6.62. The monoisotopic (exact) mass is 485 g/mol. The van der Waals surface area contributed by atoms with E-state index < -0.39 is 24.0 Å². The van der Waals surface area contributed by atoms with Crippen LogP contribution in [-0.4, -0.2) is 42.2 Å². The predicted octanol–water partition coefficient (Wildman–Crippen LogP) is 4.29. The molecular formula is C23H20ClN3O5S. The van der Waals surface area contributed by atoms with Crippen LogP contribution in [-0.2, 0) is 14.3 Å². The minimum absolute atomic E-state index is 0.175. The summed E-state index contributed by atoms with van der Waals surface area (Å²) in [7, 11) is 0. The van der Waals surface area contributed by atoms with Crippen LogP contribution in [0.5, 0.6) is 0 Å². The molecule has 10 heteroatoms. The lowest BCUT2D eigenvalue weighted by molar-refractivity contribution is -0.139. The largest absolute Gasteiger partial charge is 0.463 e. The number of hydrogen-bond donors (Lipinski definition) is 2. The number of pyridine rings is 1. The maximum absolute atomic E-state index is 13.1. The molecular weight excluding hydrogens is 466 g/mol. The van der Waals surface area contributed by atoms with Crippen LogP contribution in [0, 0.1) is 0 Å². The van der Waals surface area contributed by atoms with Gasteiger partial charge in [-0.1, -0.05) is 29.8 Å². The fourth-order valence-corrected chi connectivity index (χ4v) is 4.53. The first-order valence-corrected chi connectivity index (χ1v) is 11.4. The molecule has 0 spiro atoms. The number of carbonyl (C=O) groups excluding carboxylic acids is 3. The molecule has 0 unspecified atom stereocenters. The van der Waals surface area contributed by atoms with Crippen molar-refractivity contribution in [1.29, 1.82) is 0 Å². The molecule has 0 fully saturated rings. The van der Waals surface area contributed by atoms with Crippen molar-refractivity contribution in [3.8, 4) is 10.6 Å². The molecule has 0 saturated carbocycles. The third-order valence-corrected chi connectivity index (χ3v) is 6.23. The molecule has 3 heterocycles. The van der Waals surface area contributed by atoms with Gasteiger partial charge in [0.25, 0.3) is 0 Å². The minimum atomic E-state index is -0.617. The minimum Gasteiger partial charge on any atom is -0.463 e. The standard InChI is InChI=1S/C23H20ClN3O5S/c1-3-31-22(29)20-12(2)25-23(30)27-17(20)11-32-21(28)14-10-16(18-8-9-19(24)33-18)26-15-7-5-4-6-13(14)15/h4-10,12H,3,11H2,1-2H3,(H2,25,27,30)/t12-/m1/s1. The normalized spacial score (nSPS) is 15.7. The third-order valence-electron chi connectivity index (χ3n) is 4.97. The average molecular weight is 486 g/mol. The number of nitrogens with zero attached hydrogens (tertiary/aromatic N) is 1. The highest BCUT2D eigenvalue weighted by molar-refractivity contribution is 7.19. The van der Waals surface area contributed by atoms with E-state index in [0.29, 0.717) is 26.5 Å². The molecule has 0 aliphatic carbocycles. The molecule has 1 aliphatic heterocycles. The van der Waals surface area contributed by atoms with Gasteiger partial charge in [0.2, 0.25) is 0 Å². The summed E-state index contributed by atoms with van der Waals surface area (Å²) < 4.78 is 11.2. The Morgan fingerprint density at radius 2 is 1.94 bits per heavy atom. The van der Waals surface area contributed by atoms with Crippen molar-refractivity contribution < 1.29 is 23.9 Å². The lowest BCUT2D eigenvalue weighted by Gasteiger charge is -2.26.